The van der Waals surface area contributed by atoms with Gasteiger partial charge >= 0.3 is 0 Å². The van der Waals surface area contributed by atoms with Gasteiger partial charge < -0.3 is 5.32 Å². The van der Waals surface area contributed by atoms with Crippen LogP contribution < -0.4 is 10.0 Å². The Balaban J connectivity index is 2.46. The van der Waals surface area contributed by atoms with Crippen molar-refractivity contribution in [3.63, 3.8) is 0 Å². The van der Waals surface area contributed by atoms with Crippen LogP contribution in [0.15, 0.2) is 15.7 Å². The highest BCUT2D eigenvalue weighted by Gasteiger charge is 2.15. The Labute approximate surface area is 127 Å². The van der Waals surface area contributed by atoms with Crippen molar-refractivity contribution in [1.29, 1.82) is 0 Å². The molecule has 0 spiro atoms. The van der Waals surface area contributed by atoms with E-state index >= 15 is 0 Å². The third-order valence-electron chi connectivity index (χ3n) is 2.93. The summed E-state index contributed by atoms with van der Waals surface area (Å²) in [7, 11) is -3.32. The van der Waals surface area contributed by atoms with Crippen molar-refractivity contribution < 1.29 is 8.42 Å². The molecule has 116 valence electrons. The molecule has 1 aromatic heterocycles. The predicted octanol–water partition coefficient (Wildman–Crippen LogP) is 3.10. The molecule has 1 aromatic rings. The summed E-state index contributed by atoms with van der Waals surface area (Å²) in [5, 5.41) is 5.19. The molecule has 0 aromatic carbocycles. The second-order valence-electron chi connectivity index (χ2n) is 5.27. The molecule has 0 saturated heterocycles. The fraction of sp³-hybridized carbons (Fsp3) is 0.714. The Morgan fingerprint density at radius 1 is 1.25 bits per heavy atom. The molecular formula is C14H26N2O2S2. The van der Waals surface area contributed by atoms with Crippen molar-refractivity contribution in [1.82, 2.24) is 10.0 Å². The Morgan fingerprint density at radius 2 is 2.00 bits per heavy atom. The first kappa shape index (κ1) is 17.6. The van der Waals surface area contributed by atoms with Gasteiger partial charge in [0.2, 0.25) is 10.0 Å². The summed E-state index contributed by atoms with van der Waals surface area (Å²) in [6, 6.07) is 2.15. The zero-order chi connectivity index (χ0) is 15.0. The lowest BCUT2D eigenvalue weighted by Crippen LogP contribution is -2.24. The molecule has 0 unspecified atom stereocenters. The molecule has 0 atom stereocenters. The number of unbranched alkanes of at least 4 members (excludes halogenated alkanes) is 3. The summed E-state index contributed by atoms with van der Waals surface area (Å²) in [6.45, 7) is 7.52. The molecular weight excluding hydrogens is 292 g/mol. The number of rotatable bonds is 10. The Hall–Kier alpha value is -0.430. The second kappa shape index (κ2) is 8.77. The van der Waals surface area contributed by atoms with Crippen LogP contribution in [0, 0.1) is 0 Å². The van der Waals surface area contributed by atoms with Gasteiger partial charge in [0.05, 0.1) is 0 Å². The van der Waals surface area contributed by atoms with Crippen LogP contribution in [0.4, 0.5) is 0 Å². The molecule has 1 heterocycles. The van der Waals surface area contributed by atoms with Crippen LogP contribution in [0.3, 0.4) is 0 Å². The molecule has 1 rings (SSSR count). The minimum Gasteiger partial charge on any atom is -0.310 e. The quantitative estimate of drug-likeness (QED) is 0.652. The van der Waals surface area contributed by atoms with Crippen LogP contribution in [-0.4, -0.2) is 21.0 Å². The van der Waals surface area contributed by atoms with Crippen molar-refractivity contribution >= 4 is 21.4 Å². The Bertz CT molecular complexity index is 481. The number of sulfonamides is 1. The van der Waals surface area contributed by atoms with Crippen LogP contribution in [0.25, 0.3) is 0 Å². The lowest BCUT2D eigenvalue weighted by Gasteiger charge is -2.06. The first-order chi connectivity index (χ1) is 9.45. The Kier molecular flexibility index (Phi) is 7.72. The van der Waals surface area contributed by atoms with E-state index < -0.39 is 10.0 Å². The maximum absolute atomic E-state index is 12.1. The normalized spacial score (nSPS) is 12.2. The molecule has 0 saturated carbocycles. The van der Waals surface area contributed by atoms with Crippen molar-refractivity contribution in [3.05, 3.63) is 17.0 Å². The van der Waals surface area contributed by atoms with E-state index in [1.165, 1.54) is 11.3 Å². The van der Waals surface area contributed by atoms with Gasteiger partial charge in [-0.3, -0.25) is 0 Å². The molecule has 2 N–H and O–H groups in total. The van der Waals surface area contributed by atoms with Gasteiger partial charge in [0.1, 0.15) is 4.21 Å². The average molecular weight is 319 g/mol. The van der Waals surface area contributed by atoms with E-state index in [1.807, 2.05) is 5.38 Å². The van der Waals surface area contributed by atoms with Gasteiger partial charge in [-0.05, 0) is 23.4 Å². The molecule has 0 bridgehead atoms. The summed E-state index contributed by atoms with van der Waals surface area (Å²) in [5.41, 5.74) is 1.02. The topological polar surface area (TPSA) is 58.2 Å². The van der Waals surface area contributed by atoms with Crippen LogP contribution in [0.2, 0.25) is 0 Å². The summed E-state index contributed by atoms with van der Waals surface area (Å²) >= 11 is 1.29. The molecule has 0 radical (unpaired) electrons. The fourth-order valence-corrected chi connectivity index (χ4v) is 4.07. The molecule has 20 heavy (non-hydrogen) atoms. The van der Waals surface area contributed by atoms with Crippen molar-refractivity contribution in [3.8, 4) is 0 Å². The van der Waals surface area contributed by atoms with E-state index in [9.17, 15) is 8.42 Å². The summed E-state index contributed by atoms with van der Waals surface area (Å²) in [5.74, 6) is 0. The van der Waals surface area contributed by atoms with Crippen LogP contribution in [0.5, 0.6) is 0 Å². The van der Waals surface area contributed by atoms with E-state index in [2.05, 4.69) is 30.8 Å². The number of hydrogen-bond donors (Lipinski definition) is 2. The lowest BCUT2D eigenvalue weighted by atomic mass is 10.2. The van der Waals surface area contributed by atoms with Crippen LogP contribution in [0.1, 0.15) is 52.0 Å². The number of thiophene rings is 1. The summed E-state index contributed by atoms with van der Waals surface area (Å²) in [4.78, 5) is 0. The molecule has 0 aliphatic rings. The van der Waals surface area contributed by atoms with Gasteiger partial charge in [-0.15, -0.1) is 11.3 Å². The maximum Gasteiger partial charge on any atom is 0.250 e. The summed E-state index contributed by atoms with van der Waals surface area (Å²) in [6.07, 6.45) is 4.29. The highest BCUT2D eigenvalue weighted by Crippen LogP contribution is 2.20. The third-order valence-corrected chi connectivity index (χ3v) is 5.88. The van der Waals surface area contributed by atoms with Crippen molar-refractivity contribution in [2.75, 3.05) is 6.54 Å². The minimum absolute atomic E-state index is 0.395. The first-order valence-electron chi connectivity index (χ1n) is 7.26. The lowest BCUT2D eigenvalue weighted by molar-refractivity contribution is 0.575. The van der Waals surface area contributed by atoms with Gasteiger partial charge in [0.15, 0.2) is 0 Å². The minimum atomic E-state index is -3.32. The largest absolute Gasteiger partial charge is 0.310 e. The smallest absolute Gasteiger partial charge is 0.250 e. The maximum atomic E-state index is 12.1. The van der Waals surface area contributed by atoms with Crippen LogP contribution >= 0.6 is 11.3 Å². The Morgan fingerprint density at radius 3 is 2.65 bits per heavy atom. The van der Waals surface area contributed by atoms with Gasteiger partial charge in [-0.1, -0.05) is 40.0 Å². The van der Waals surface area contributed by atoms with Crippen molar-refractivity contribution in [2.24, 2.45) is 0 Å². The summed E-state index contributed by atoms with van der Waals surface area (Å²) < 4.78 is 27.3. The standard InChI is InChI=1S/C14H26N2O2S2/c1-4-5-6-7-8-16-20(17,18)14-9-13(11-19-14)10-15-12(2)3/h9,11-12,15-16H,4-8,10H2,1-3H3. The third kappa shape index (κ3) is 6.35. The van der Waals surface area contributed by atoms with E-state index in [0.29, 0.717) is 23.3 Å². The second-order valence-corrected chi connectivity index (χ2v) is 8.17. The molecule has 0 aliphatic heterocycles. The van der Waals surface area contributed by atoms with Gasteiger partial charge in [-0.2, -0.15) is 0 Å². The zero-order valence-electron chi connectivity index (χ0n) is 12.6. The predicted molar refractivity (Wildman–Crippen MR) is 85.6 cm³/mol. The SMILES string of the molecule is CCCCCCNS(=O)(=O)c1cc(CNC(C)C)cs1. The van der Waals surface area contributed by atoms with Gasteiger partial charge in [0.25, 0.3) is 0 Å². The van der Waals surface area contributed by atoms with E-state index in [1.54, 1.807) is 6.07 Å². The molecule has 0 fully saturated rings. The molecule has 4 nitrogen and oxygen atoms in total. The monoisotopic (exact) mass is 318 g/mol. The number of hydrogen-bond acceptors (Lipinski definition) is 4. The van der Waals surface area contributed by atoms with E-state index in [4.69, 9.17) is 0 Å². The highest BCUT2D eigenvalue weighted by molar-refractivity contribution is 7.91. The average Bonchev–Trinajstić information content (AvgIpc) is 2.85. The molecule has 0 aliphatic carbocycles. The molecule has 6 heteroatoms. The van der Waals surface area contributed by atoms with Gasteiger partial charge in [-0.25, -0.2) is 13.1 Å². The van der Waals surface area contributed by atoms with Crippen LogP contribution in [-0.2, 0) is 16.6 Å². The van der Waals surface area contributed by atoms with E-state index in [0.717, 1.165) is 31.2 Å². The first-order valence-corrected chi connectivity index (χ1v) is 9.62. The van der Waals surface area contributed by atoms with Crippen molar-refractivity contribution in [2.45, 2.75) is 63.3 Å². The molecule has 0 amide bonds. The fourth-order valence-electron chi connectivity index (χ4n) is 1.74. The van der Waals surface area contributed by atoms with Gasteiger partial charge in [0, 0.05) is 19.1 Å². The highest BCUT2D eigenvalue weighted by atomic mass is 32.2. The van der Waals surface area contributed by atoms with E-state index in [-0.39, 0.29) is 0 Å². The number of nitrogens with one attached hydrogen (secondary N) is 2. The zero-order valence-corrected chi connectivity index (χ0v) is 14.2.